The largest absolute Gasteiger partial charge is 0.491 e. The van der Waals surface area contributed by atoms with E-state index in [2.05, 4.69) is 12.2 Å². The van der Waals surface area contributed by atoms with Gasteiger partial charge in [0.05, 0.1) is 12.3 Å². The van der Waals surface area contributed by atoms with Gasteiger partial charge in [-0.05, 0) is 18.6 Å². The molecule has 0 saturated heterocycles. The smallest absolute Gasteiger partial charge is 0.142 e. The van der Waals surface area contributed by atoms with Crippen LogP contribution in [-0.4, -0.2) is 13.7 Å². The Morgan fingerprint density at radius 2 is 2.17 bits per heavy atom. The van der Waals surface area contributed by atoms with Crippen molar-refractivity contribution in [1.82, 2.24) is 0 Å². The lowest BCUT2D eigenvalue weighted by molar-refractivity contribution is 0.319. The van der Waals surface area contributed by atoms with E-state index in [0.29, 0.717) is 0 Å². The molecule has 1 N–H and O–H groups in total. The van der Waals surface area contributed by atoms with Crippen molar-refractivity contribution >= 4 is 5.69 Å². The van der Waals surface area contributed by atoms with Crippen molar-refractivity contribution in [3.8, 4) is 5.75 Å². The summed E-state index contributed by atoms with van der Waals surface area (Å²) in [7, 11) is 1.90. The molecule has 0 spiro atoms. The predicted molar refractivity (Wildman–Crippen MR) is 53.9 cm³/mol. The second kappa shape index (κ2) is 4.65. The van der Waals surface area contributed by atoms with Crippen LogP contribution in [0.3, 0.4) is 0 Å². The van der Waals surface area contributed by atoms with E-state index in [4.69, 9.17) is 4.74 Å². The summed E-state index contributed by atoms with van der Waals surface area (Å²) in [6.45, 7) is 2.88. The van der Waals surface area contributed by atoms with E-state index in [1.54, 1.807) is 0 Å². The molecule has 2 nitrogen and oxygen atoms in total. The Balaban J connectivity index is 0.00000144. The van der Waals surface area contributed by atoms with E-state index in [-0.39, 0.29) is 1.43 Å². The molecule has 0 aliphatic heterocycles. The fourth-order valence-corrected chi connectivity index (χ4v) is 1.01. The van der Waals surface area contributed by atoms with E-state index in [1.165, 1.54) is 0 Å². The van der Waals surface area contributed by atoms with Gasteiger partial charge in [-0.25, -0.2) is 0 Å². The Kier molecular flexibility index (Phi) is 3.45. The van der Waals surface area contributed by atoms with Gasteiger partial charge in [0.25, 0.3) is 0 Å². The second-order valence-electron chi connectivity index (χ2n) is 2.59. The summed E-state index contributed by atoms with van der Waals surface area (Å²) in [5.74, 6) is 0.932. The van der Waals surface area contributed by atoms with Crippen LogP contribution in [0.2, 0.25) is 0 Å². The van der Waals surface area contributed by atoms with Crippen LogP contribution >= 0.6 is 0 Å². The summed E-state index contributed by atoms with van der Waals surface area (Å²) < 4.78 is 5.51. The van der Waals surface area contributed by atoms with E-state index in [0.717, 1.165) is 24.5 Å². The predicted octanol–water partition coefficient (Wildman–Crippen LogP) is 2.76. The summed E-state index contributed by atoms with van der Waals surface area (Å²) in [6.07, 6.45) is 1.04. The fraction of sp³-hybridized carbons (Fsp3) is 0.400. The third kappa shape index (κ3) is 2.16. The van der Waals surface area contributed by atoms with E-state index < -0.39 is 0 Å². The molecule has 0 radical (unpaired) electrons. The van der Waals surface area contributed by atoms with Crippen molar-refractivity contribution in [2.75, 3.05) is 19.0 Å². The zero-order valence-corrected chi connectivity index (χ0v) is 7.63. The molecule has 0 bridgehead atoms. The van der Waals surface area contributed by atoms with Crippen LogP contribution in [0.15, 0.2) is 24.3 Å². The van der Waals surface area contributed by atoms with Gasteiger partial charge in [-0.1, -0.05) is 19.1 Å². The number of hydrogen-bond donors (Lipinski definition) is 1. The molecule has 0 unspecified atom stereocenters. The normalized spacial score (nSPS) is 9.50. The minimum atomic E-state index is 0. The van der Waals surface area contributed by atoms with Crippen molar-refractivity contribution in [2.24, 2.45) is 0 Å². The van der Waals surface area contributed by atoms with Crippen LogP contribution in [0.5, 0.6) is 5.75 Å². The molecule has 1 aromatic carbocycles. The van der Waals surface area contributed by atoms with E-state index >= 15 is 0 Å². The molecule has 1 rings (SSSR count). The highest BCUT2D eigenvalue weighted by molar-refractivity contribution is 5.55. The molecule has 0 amide bonds. The van der Waals surface area contributed by atoms with Gasteiger partial charge >= 0.3 is 0 Å². The third-order valence-corrected chi connectivity index (χ3v) is 1.62. The van der Waals surface area contributed by atoms with Crippen LogP contribution in [0.4, 0.5) is 5.69 Å². The Morgan fingerprint density at radius 3 is 2.83 bits per heavy atom. The summed E-state index contributed by atoms with van der Waals surface area (Å²) >= 11 is 0. The molecular weight excluding hydrogens is 150 g/mol. The molecule has 0 atom stereocenters. The topological polar surface area (TPSA) is 21.3 Å². The molecule has 12 heavy (non-hydrogen) atoms. The molecule has 0 fully saturated rings. The Labute approximate surface area is 75.0 Å². The van der Waals surface area contributed by atoms with Gasteiger partial charge in [-0.15, -0.1) is 0 Å². The molecule has 0 aromatic heterocycles. The average molecular weight is 167 g/mol. The maximum absolute atomic E-state index is 5.51. The van der Waals surface area contributed by atoms with Crippen molar-refractivity contribution in [3.63, 3.8) is 0 Å². The van der Waals surface area contributed by atoms with Crippen molar-refractivity contribution in [1.29, 1.82) is 0 Å². The third-order valence-electron chi connectivity index (χ3n) is 1.62. The number of hydrogen-bond acceptors (Lipinski definition) is 2. The molecule has 0 heterocycles. The zero-order valence-electron chi connectivity index (χ0n) is 7.63. The van der Waals surface area contributed by atoms with Crippen LogP contribution in [-0.2, 0) is 0 Å². The Bertz CT molecular complexity index is 240. The van der Waals surface area contributed by atoms with Crippen LogP contribution < -0.4 is 10.1 Å². The fourth-order valence-electron chi connectivity index (χ4n) is 1.01. The molecule has 0 aliphatic rings. The summed E-state index contributed by atoms with van der Waals surface area (Å²) in [4.78, 5) is 0. The first-order chi connectivity index (χ1) is 5.88. The number of nitrogens with one attached hydrogen (secondary N) is 1. The molecule has 68 valence electrons. The van der Waals surface area contributed by atoms with Crippen LogP contribution in [0.1, 0.15) is 14.8 Å². The lowest BCUT2D eigenvalue weighted by atomic mass is 10.3. The van der Waals surface area contributed by atoms with Gasteiger partial charge in [0.1, 0.15) is 5.75 Å². The van der Waals surface area contributed by atoms with E-state index in [9.17, 15) is 0 Å². The summed E-state index contributed by atoms with van der Waals surface area (Å²) in [6, 6.07) is 7.95. The monoisotopic (exact) mass is 167 g/mol. The van der Waals surface area contributed by atoms with Crippen molar-refractivity contribution in [2.45, 2.75) is 13.3 Å². The Morgan fingerprint density at radius 1 is 1.42 bits per heavy atom. The molecule has 0 saturated carbocycles. The highest BCUT2D eigenvalue weighted by Gasteiger charge is 1.97. The first-order valence-corrected chi connectivity index (χ1v) is 4.28. The van der Waals surface area contributed by atoms with Gasteiger partial charge in [-0.2, -0.15) is 0 Å². The van der Waals surface area contributed by atoms with E-state index in [1.807, 2.05) is 31.3 Å². The maximum Gasteiger partial charge on any atom is 0.142 e. The minimum Gasteiger partial charge on any atom is -0.491 e. The number of rotatable bonds is 4. The summed E-state index contributed by atoms with van der Waals surface area (Å²) in [5.41, 5.74) is 1.05. The van der Waals surface area contributed by atoms with Gasteiger partial charge in [-0.3, -0.25) is 0 Å². The standard InChI is InChI=1S/C10H15NO.H2/c1-3-8-12-10-7-5-4-6-9(10)11-2;/h4-7,11H,3,8H2,1-2H3;1H. The van der Waals surface area contributed by atoms with Gasteiger partial charge < -0.3 is 10.1 Å². The lowest BCUT2D eigenvalue weighted by Crippen LogP contribution is -1.98. The summed E-state index contributed by atoms with van der Waals surface area (Å²) in [5, 5.41) is 3.08. The highest BCUT2D eigenvalue weighted by Crippen LogP contribution is 2.22. The van der Waals surface area contributed by atoms with Crippen molar-refractivity contribution < 1.29 is 6.16 Å². The molecule has 0 aliphatic carbocycles. The maximum atomic E-state index is 5.51. The first kappa shape index (κ1) is 8.91. The van der Waals surface area contributed by atoms with Crippen LogP contribution in [0, 0.1) is 0 Å². The Hall–Kier alpha value is -1.18. The highest BCUT2D eigenvalue weighted by atomic mass is 16.5. The molecular formula is C10H17NO. The zero-order chi connectivity index (χ0) is 8.81. The number of para-hydroxylation sites is 2. The van der Waals surface area contributed by atoms with Crippen LogP contribution in [0.25, 0.3) is 0 Å². The second-order valence-corrected chi connectivity index (χ2v) is 2.59. The minimum absolute atomic E-state index is 0. The number of benzene rings is 1. The van der Waals surface area contributed by atoms with Crippen molar-refractivity contribution in [3.05, 3.63) is 24.3 Å². The molecule has 2 heteroatoms. The quantitative estimate of drug-likeness (QED) is 0.744. The van der Waals surface area contributed by atoms with Gasteiger partial charge in [0.2, 0.25) is 0 Å². The lowest BCUT2D eigenvalue weighted by Gasteiger charge is -2.09. The number of ether oxygens (including phenoxy) is 1. The SMILES string of the molecule is CCCOc1ccccc1NC.[HH]. The molecule has 1 aromatic rings. The first-order valence-electron chi connectivity index (χ1n) is 4.28. The number of anilines is 1. The average Bonchev–Trinajstić information content (AvgIpc) is 2.15. The van der Waals surface area contributed by atoms with Gasteiger partial charge in [0, 0.05) is 8.47 Å². The van der Waals surface area contributed by atoms with Gasteiger partial charge in [0.15, 0.2) is 0 Å².